The minimum atomic E-state index is 0.0367. The maximum atomic E-state index is 13.1. The molecule has 0 bridgehead atoms. The number of nitrogens with zero attached hydrogens (tertiary/aromatic N) is 5. The van der Waals surface area contributed by atoms with Crippen molar-refractivity contribution in [3.8, 4) is 5.75 Å². The molecule has 7 nitrogen and oxygen atoms in total. The van der Waals surface area contributed by atoms with Gasteiger partial charge in [0.25, 0.3) is 0 Å². The SMILES string of the molecule is Cn1ccnc1CN1C[C@@H](COc2cccnc2)C[C@@H](C(=O)N2CCCC2)C1. The van der Waals surface area contributed by atoms with Crippen LogP contribution in [0.3, 0.4) is 0 Å². The van der Waals surface area contributed by atoms with E-state index >= 15 is 0 Å². The zero-order chi connectivity index (χ0) is 19.3. The Labute approximate surface area is 166 Å². The summed E-state index contributed by atoms with van der Waals surface area (Å²) in [5.41, 5.74) is 0. The summed E-state index contributed by atoms with van der Waals surface area (Å²) in [5, 5.41) is 0. The summed E-state index contributed by atoms with van der Waals surface area (Å²) in [6.45, 7) is 4.89. The molecular formula is C21H29N5O2. The molecule has 2 saturated heterocycles. The lowest BCUT2D eigenvalue weighted by Crippen LogP contribution is -2.48. The molecule has 0 aliphatic carbocycles. The molecule has 2 atom stereocenters. The number of aryl methyl sites for hydroxylation is 1. The van der Waals surface area contributed by atoms with E-state index in [1.165, 1.54) is 0 Å². The van der Waals surface area contributed by atoms with Crippen molar-refractivity contribution < 1.29 is 9.53 Å². The normalized spacial score (nSPS) is 23.1. The summed E-state index contributed by atoms with van der Waals surface area (Å²) in [6.07, 6.45) is 10.4. The van der Waals surface area contributed by atoms with Gasteiger partial charge in [-0.15, -0.1) is 0 Å². The van der Waals surface area contributed by atoms with Gasteiger partial charge in [0.15, 0.2) is 0 Å². The van der Waals surface area contributed by atoms with Crippen molar-refractivity contribution in [2.75, 3.05) is 32.8 Å². The second-order valence-corrected chi connectivity index (χ2v) is 7.98. The van der Waals surface area contributed by atoms with Crippen LogP contribution in [0.15, 0.2) is 36.9 Å². The van der Waals surface area contributed by atoms with Crippen LogP contribution in [0, 0.1) is 11.8 Å². The lowest BCUT2D eigenvalue weighted by Gasteiger charge is -2.38. The third kappa shape index (κ3) is 4.52. The van der Waals surface area contributed by atoms with E-state index in [0.29, 0.717) is 18.4 Å². The third-order valence-corrected chi connectivity index (χ3v) is 5.79. The maximum absolute atomic E-state index is 13.1. The number of rotatable bonds is 6. The van der Waals surface area contributed by atoms with Gasteiger partial charge < -0.3 is 14.2 Å². The van der Waals surface area contributed by atoms with E-state index in [2.05, 4.69) is 14.9 Å². The molecule has 28 heavy (non-hydrogen) atoms. The lowest BCUT2D eigenvalue weighted by atomic mass is 9.88. The van der Waals surface area contributed by atoms with Crippen LogP contribution in [0.5, 0.6) is 5.75 Å². The number of ether oxygens (including phenoxy) is 1. The van der Waals surface area contributed by atoms with Crippen LogP contribution in [0.25, 0.3) is 0 Å². The van der Waals surface area contributed by atoms with Crippen molar-refractivity contribution in [2.45, 2.75) is 25.8 Å². The molecule has 0 unspecified atom stereocenters. The first-order chi connectivity index (χ1) is 13.7. The Hall–Kier alpha value is -2.41. The number of hydrogen-bond acceptors (Lipinski definition) is 5. The van der Waals surface area contributed by atoms with Gasteiger partial charge in [0.1, 0.15) is 11.6 Å². The molecule has 7 heteroatoms. The highest BCUT2D eigenvalue weighted by Crippen LogP contribution is 2.27. The van der Waals surface area contributed by atoms with Gasteiger partial charge >= 0.3 is 0 Å². The van der Waals surface area contributed by atoms with Gasteiger partial charge in [0.05, 0.1) is 25.3 Å². The maximum Gasteiger partial charge on any atom is 0.226 e. The molecule has 150 valence electrons. The number of carbonyl (C=O) groups excluding carboxylic acids is 1. The largest absolute Gasteiger partial charge is 0.492 e. The number of hydrogen-bond donors (Lipinski definition) is 0. The highest BCUT2D eigenvalue weighted by molar-refractivity contribution is 5.79. The number of carbonyl (C=O) groups is 1. The van der Waals surface area contributed by atoms with Crippen LogP contribution in [-0.2, 0) is 18.4 Å². The second-order valence-electron chi connectivity index (χ2n) is 7.98. The quantitative estimate of drug-likeness (QED) is 0.763. The van der Waals surface area contributed by atoms with Gasteiger partial charge in [-0.3, -0.25) is 14.7 Å². The van der Waals surface area contributed by atoms with Gasteiger partial charge in [-0.05, 0) is 31.4 Å². The van der Waals surface area contributed by atoms with Gasteiger partial charge in [0.2, 0.25) is 5.91 Å². The minimum absolute atomic E-state index is 0.0367. The Morgan fingerprint density at radius 2 is 2.11 bits per heavy atom. The smallest absolute Gasteiger partial charge is 0.226 e. The fourth-order valence-corrected chi connectivity index (χ4v) is 4.32. The van der Waals surface area contributed by atoms with Crippen molar-refractivity contribution in [3.63, 3.8) is 0 Å². The number of pyridine rings is 1. The fraction of sp³-hybridized carbons (Fsp3) is 0.571. The predicted octanol–water partition coefficient (Wildman–Crippen LogP) is 1.95. The van der Waals surface area contributed by atoms with Crippen LogP contribution in [0.2, 0.25) is 0 Å². The average Bonchev–Trinajstić information content (AvgIpc) is 3.39. The van der Waals surface area contributed by atoms with E-state index in [0.717, 1.165) is 63.6 Å². The number of imidazole rings is 1. The van der Waals surface area contributed by atoms with Gasteiger partial charge in [-0.2, -0.15) is 0 Å². The Bertz CT molecular complexity index is 772. The molecule has 2 aliphatic rings. The number of likely N-dealkylation sites (tertiary alicyclic amines) is 2. The molecule has 4 heterocycles. The topological polar surface area (TPSA) is 63.5 Å². The van der Waals surface area contributed by atoms with Crippen LogP contribution in [0.4, 0.5) is 0 Å². The molecule has 2 aromatic heterocycles. The van der Waals surface area contributed by atoms with Crippen LogP contribution < -0.4 is 4.74 Å². The molecule has 0 saturated carbocycles. The Kier molecular flexibility index (Phi) is 5.90. The highest BCUT2D eigenvalue weighted by atomic mass is 16.5. The Morgan fingerprint density at radius 3 is 2.82 bits per heavy atom. The summed E-state index contributed by atoms with van der Waals surface area (Å²) in [6, 6.07) is 3.80. The molecular weight excluding hydrogens is 354 g/mol. The van der Waals surface area contributed by atoms with Crippen LogP contribution >= 0.6 is 0 Å². The summed E-state index contributed by atoms with van der Waals surface area (Å²) < 4.78 is 8.02. The number of amides is 1. The molecule has 0 aromatic carbocycles. The molecule has 2 aliphatic heterocycles. The third-order valence-electron chi connectivity index (χ3n) is 5.79. The van der Waals surface area contributed by atoms with Crippen molar-refractivity contribution in [1.29, 1.82) is 0 Å². The average molecular weight is 383 g/mol. The Balaban J connectivity index is 1.43. The molecule has 0 N–H and O–H groups in total. The summed E-state index contributed by atoms with van der Waals surface area (Å²) in [4.78, 5) is 26.0. The summed E-state index contributed by atoms with van der Waals surface area (Å²) in [7, 11) is 2.02. The molecule has 2 fully saturated rings. The summed E-state index contributed by atoms with van der Waals surface area (Å²) >= 11 is 0. The van der Waals surface area contributed by atoms with E-state index < -0.39 is 0 Å². The van der Waals surface area contributed by atoms with E-state index in [9.17, 15) is 4.79 Å². The van der Waals surface area contributed by atoms with E-state index in [1.54, 1.807) is 12.4 Å². The van der Waals surface area contributed by atoms with Crippen molar-refractivity contribution in [2.24, 2.45) is 18.9 Å². The second kappa shape index (κ2) is 8.73. The lowest BCUT2D eigenvalue weighted by molar-refractivity contribution is -0.137. The number of aromatic nitrogens is 3. The van der Waals surface area contributed by atoms with E-state index in [4.69, 9.17) is 4.74 Å². The molecule has 2 aromatic rings. The van der Waals surface area contributed by atoms with E-state index in [1.807, 2.05) is 41.0 Å². The molecule has 1 amide bonds. The summed E-state index contributed by atoms with van der Waals surface area (Å²) in [5.74, 6) is 2.47. The van der Waals surface area contributed by atoms with Crippen molar-refractivity contribution >= 4 is 5.91 Å². The number of piperidine rings is 1. The van der Waals surface area contributed by atoms with Crippen LogP contribution in [-0.4, -0.2) is 63.0 Å². The zero-order valence-corrected chi connectivity index (χ0v) is 16.5. The molecule has 4 rings (SSSR count). The van der Waals surface area contributed by atoms with Crippen LogP contribution in [0.1, 0.15) is 25.1 Å². The monoisotopic (exact) mass is 383 g/mol. The highest BCUT2D eigenvalue weighted by Gasteiger charge is 2.35. The first-order valence-corrected chi connectivity index (χ1v) is 10.2. The fourth-order valence-electron chi connectivity index (χ4n) is 4.32. The van der Waals surface area contributed by atoms with E-state index in [-0.39, 0.29) is 5.92 Å². The molecule has 0 radical (unpaired) electrons. The first-order valence-electron chi connectivity index (χ1n) is 10.2. The zero-order valence-electron chi connectivity index (χ0n) is 16.5. The van der Waals surface area contributed by atoms with Gasteiger partial charge in [0, 0.05) is 57.7 Å². The van der Waals surface area contributed by atoms with Crippen molar-refractivity contribution in [1.82, 2.24) is 24.3 Å². The van der Waals surface area contributed by atoms with Crippen molar-refractivity contribution in [3.05, 3.63) is 42.7 Å². The molecule has 0 spiro atoms. The minimum Gasteiger partial charge on any atom is -0.492 e. The standard InChI is InChI=1S/C21H29N5O2/c1-24-10-7-23-20(24)15-25-13-17(16-28-19-5-4-6-22-12-19)11-18(14-25)21(27)26-8-2-3-9-26/h4-7,10,12,17-18H,2-3,8-9,11,13-16H2,1H3/t17-,18+/m0/s1. The first kappa shape index (κ1) is 18.9. The van der Waals surface area contributed by atoms with Gasteiger partial charge in [-0.1, -0.05) is 0 Å². The van der Waals surface area contributed by atoms with Gasteiger partial charge in [-0.25, -0.2) is 4.98 Å². The Morgan fingerprint density at radius 1 is 1.25 bits per heavy atom. The predicted molar refractivity (Wildman–Crippen MR) is 106 cm³/mol.